The molecule has 0 aromatic rings. The quantitative estimate of drug-likeness (QED) is 0.856. The minimum atomic E-state index is -0.409. The molecule has 110 valence electrons. The van der Waals surface area contributed by atoms with Gasteiger partial charge in [0.15, 0.2) is 0 Å². The number of piperidine rings is 1. The molecule has 0 atom stereocenters. The number of hydrogen-bond donors (Lipinski definition) is 1. The number of nitrogens with zero attached hydrogens (tertiary/aromatic N) is 1. The third kappa shape index (κ3) is 4.10. The Kier molecular flexibility index (Phi) is 4.09. The summed E-state index contributed by atoms with van der Waals surface area (Å²) in [5, 5.41) is 0. The van der Waals surface area contributed by atoms with Gasteiger partial charge in [0.25, 0.3) is 0 Å². The lowest BCUT2D eigenvalue weighted by Gasteiger charge is -2.41. The summed E-state index contributed by atoms with van der Waals surface area (Å²) in [5.74, 6) is 0.900. The standard InChI is InChI=1S/C15H28N2O2/c1-14(2,3)19-13(18)17-8-6-15(11-16,7-9-17)10-12-4-5-12/h12H,4-11,16H2,1-3H3. The summed E-state index contributed by atoms with van der Waals surface area (Å²) >= 11 is 0. The van der Waals surface area contributed by atoms with Crippen molar-refractivity contribution in [3.8, 4) is 0 Å². The second-order valence-electron chi connectivity index (χ2n) is 7.32. The van der Waals surface area contributed by atoms with E-state index >= 15 is 0 Å². The van der Waals surface area contributed by atoms with Crippen molar-refractivity contribution in [1.82, 2.24) is 4.90 Å². The molecular formula is C15H28N2O2. The third-order valence-electron chi connectivity index (χ3n) is 4.33. The van der Waals surface area contributed by atoms with Gasteiger partial charge in [0.1, 0.15) is 5.60 Å². The Hall–Kier alpha value is -0.770. The van der Waals surface area contributed by atoms with E-state index in [4.69, 9.17) is 10.5 Å². The van der Waals surface area contributed by atoms with Crippen LogP contribution in [0.5, 0.6) is 0 Å². The number of ether oxygens (including phenoxy) is 1. The number of nitrogens with two attached hydrogens (primary N) is 1. The summed E-state index contributed by atoms with van der Waals surface area (Å²) < 4.78 is 5.43. The molecule has 1 heterocycles. The van der Waals surface area contributed by atoms with Gasteiger partial charge < -0.3 is 15.4 Å². The molecule has 0 aromatic heterocycles. The van der Waals surface area contributed by atoms with E-state index in [2.05, 4.69) is 0 Å². The predicted octanol–water partition coefficient (Wildman–Crippen LogP) is 2.76. The van der Waals surface area contributed by atoms with Crippen LogP contribution in [0.25, 0.3) is 0 Å². The Morgan fingerprint density at radius 3 is 2.32 bits per heavy atom. The van der Waals surface area contributed by atoms with Crippen LogP contribution in [-0.2, 0) is 4.74 Å². The number of likely N-dealkylation sites (tertiary alicyclic amines) is 1. The molecule has 0 spiro atoms. The largest absolute Gasteiger partial charge is 0.444 e. The fourth-order valence-electron chi connectivity index (χ4n) is 2.92. The van der Waals surface area contributed by atoms with Gasteiger partial charge in [-0.15, -0.1) is 0 Å². The van der Waals surface area contributed by atoms with Gasteiger partial charge in [0, 0.05) is 13.1 Å². The van der Waals surface area contributed by atoms with Crippen LogP contribution in [0.3, 0.4) is 0 Å². The van der Waals surface area contributed by atoms with Crippen LogP contribution in [0.2, 0.25) is 0 Å². The summed E-state index contributed by atoms with van der Waals surface area (Å²) in [6, 6.07) is 0. The Morgan fingerprint density at radius 1 is 1.32 bits per heavy atom. The van der Waals surface area contributed by atoms with E-state index in [1.54, 1.807) is 0 Å². The van der Waals surface area contributed by atoms with Crippen molar-refractivity contribution < 1.29 is 9.53 Å². The Morgan fingerprint density at radius 2 is 1.89 bits per heavy atom. The second kappa shape index (κ2) is 5.31. The van der Waals surface area contributed by atoms with Gasteiger partial charge in [-0.3, -0.25) is 0 Å². The zero-order valence-corrected chi connectivity index (χ0v) is 12.6. The SMILES string of the molecule is CC(C)(C)OC(=O)N1CCC(CN)(CC2CC2)CC1. The highest BCUT2D eigenvalue weighted by molar-refractivity contribution is 5.68. The van der Waals surface area contributed by atoms with Crippen LogP contribution in [0.15, 0.2) is 0 Å². The molecule has 2 fully saturated rings. The number of rotatable bonds is 3. The molecule has 1 aliphatic carbocycles. The van der Waals surface area contributed by atoms with Crippen LogP contribution in [0.4, 0.5) is 4.79 Å². The smallest absolute Gasteiger partial charge is 0.410 e. The molecule has 1 aliphatic heterocycles. The van der Waals surface area contributed by atoms with Crippen LogP contribution >= 0.6 is 0 Å². The first-order valence-electron chi connectivity index (χ1n) is 7.52. The average molecular weight is 268 g/mol. The van der Waals surface area contributed by atoms with Gasteiger partial charge in [0.2, 0.25) is 0 Å². The van der Waals surface area contributed by atoms with Gasteiger partial charge >= 0.3 is 6.09 Å². The molecule has 4 heteroatoms. The predicted molar refractivity (Wildman–Crippen MR) is 75.9 cm³/mol. The van der Waals surface area contributed by atoms with Crippen molar-refractivity contribution in [2.75, 3.05) is 19.6 Å². The van der Waals surface area contributed by atoms with Crippen molar-refractivity contribution in [3.63, 3.8) is 0 Å². The van der Waals surface area contributed by atoms with E-state index in [-0.39, 0.29) is 11.5 Å². The first kappa shape index (κ1) is 14.6. The summed E-state index contributed by atoms with van der Waals surface area (Å²) in [7, 11) is 0. The normalized spacial score (nSPS) is 23.3. The molecule has 2 aliphatic rings. The molecule has 19 heavy (non-hydrogen) atoms. The molecule has 0 aromatic carbocycles. The van der Waals surface area contributed by atoms with E-state index in [1.165, 1.54) is 19.3 Å². The second-order valence-corrected chi connectivity index (χ2v) is 7.32. The molecule has 4 nitrogen and oxygen atoms in total. The van der Waals surface area contributed by atoms with Crippen LogP contribution in [0.1, 0.15) is 52.9 Å². The minimum Gasteiger partial charge on any atom is -0.444 e. The molecule has 2 N–H and O–H groups in total. The Bertz CT molecular complexity index is 324. The summed E-state index contributed by atoms with van der Waals surface area (Å²) in [4.78, 5) is 13.9. The maximum atomic E-state index is 12.0. The van der Waals surface area contributed by atoms with Crippen molar-refractivity contribution in [2.24, 2.45) is 17.1 Å². The van der Waals surface area contributed by atoms with Crippen molar-refractivity contribution in [3.05, 3.63) is 0 Å². The van der Waals surface area contributed by atoms with Crippen molar-refractivity contribution in [1.29, 1.82) is 0 Å². The number of hydrogen-bond acceptors (Lipinski definition) is 3. The Labute approximate surface area is 116 Å². The number of carbonyl (C=O) groups excluding carboxylic acids is 1. The minimum absolute atomic E-state index is 0.176. The molecule has 0 radical (unpaired) electrons. The van der Waals surface area contributed by atoms with E-state index in [0.29, 0.717) is 0 Å². The average Bonchev–Trinajstić information content (AvgIpc) is 3.11. The lowest BCUT2D eigenvalue weighted by molar-refractivity contribution is 0.00927. The molecule has 0 unspecified atom stereocenters. The first-order chi connectivity index (χ1) is 8.84. The van der Waals surface area contributed by atoms with Crippen molar-refractivity contribution in [2.45, 2.75) is 58.5 Å². The summed E-state index contributed by atoms with van der Waals surface area (Å²) in [5.41, 5.74) is 5.87. The van der Waals surface area contributed by atoms with Crippen LogP contribution in [0, 0.1) is 11.3 Å². The maximum absolute atomic E-state index is 12.0. The lowest BCUT2D eigenvalue weighted by atomic mass is 9.74. The summed E-state index contributed by atoms with van der Waals surface area (Å²) in [6.07, 6.45) is 5.88. The molecule has 1 saturated carbocycles. The topological polar surface area (TPSA) is 55.6 Å². The molecular weight excluding hydrogens is 240 g/mol. The number of carbonyl (C=O) groups is 1. The van der Waals surface area contributed by atoms with Gasteiger partial charge in [-0.05, 0) is 57.9 Å². The highest BCUT2D eigenvalue weighted by Crippen LogP contribution is 2.45. The monoisotopic (exact) mass is 268 g/mol. The molecule has 2 rings (SSSR count). The van der Waals surface area contributed by atoms with E-state index < -0.39 is 5.60 Å². The molecule has 1 amide bonds. The van der Waals surface area contributed by atoms with Gasteiger partial charge in [-0.2, -0.15) is 0 Å². The van der Waals surface area contributed by atoms with Gasteiger partial charge in [-0.25, -0.2) is 4.79 Å². The third-order valence-corrected chi connectivity index (χ3v) is 4.33. The van der Waals surface area contributed by atoms with Crippen LogP contribution in [-0.4, -0.2) is 36.2 Å². The zero-order valence-electron chi connectivity index (χ0n) is 12.6. The zero-order chi connectivity index (χ0) is 14.1. The first-order valence-corrected chi connectivity index (χ1v) is 7.52. The lowest BCUT2D eigenvalue weighted by Crippen LogP contribution is -2.47. The summed E-state index contributed by atoms with van der Waals surface area (Å²) in [6.45, 7) is 8.06. The van der Waals surface area contributed by atoms with Crippen molar-refractivity contribution >= 4 is 6.09 Å². The highest BCUT2D eigenvalue weighted by atomic mass is 16.6. The van der Waals surface area contributed by atoms with E-state index in [9.17, 15) is 4.79 Å². The highest BCUT2D eigenvalue weighted by Gasteiger charge is 2.40. The molecule has 1 saturated heterocycles. The Balaban J connectivity index is 1.85. The maximum Gasteiger partial charge on any atom is 0.410 e. The fraction of sp³-hybridized carbons (Fsp3) is 0.933. The fourth-order valence-corrected chi connectivity index (χ4v) is 2.92. The van der Waals surface area contributed by atoms with E-state index in [0.717, 1.165) is 38.4 Å². The number of amides is 1. The van der Waals surface area contributed by atoms with Crippen LogP contribution < -0.4 is 5.73 Å². The van der Waals surface area contributed by atoms with Gasteiger partial charge in [0.05, 0.1) is 0 Å². The van der Waals surface area contributed by atoms with Gasteiger partial charge in [-0.1, -0.05) is 12.8 Å². The van der Waals surface area contributed by atoms with E-state index in [1.807, 2.05) is 25.7 Å². The molecule has 0 bridgehead atoms.